The molecule has 0 spiro atoms. The summed E-state index contributed by atoms with van der Waals surface area (Å²) >= 11 is 0. The van der Waals surface area contributed by atoms with Crippen molar-refractivity contribution in [3.63, 3.8) is 0 Å². The minimum atomic E-state index is -0.401. The van der Waals surface area contributed by atoms with Gasteiger partial charge in [-0.25, -0.2) is 4.68 Å². The smallest absolute Gasteiger partial charge is 0.230 e. The number of ether oxygens (including phenoxy) is 1. The van der Waals surface area contributed by atoms with Crippen LogP contribution < -0.4 is 15.0 Å². The molecule has 1 aliphatic heterocycles. The van der Waals surface area contributed by atoms with Gasteiger partial charge in [0.15, 0.2) is 0 Å². The number of nitrogens with zero attached hydrogens (tertiary/aromatic N) is 3. The Morgan fingerprint density at radius 2 is 2.11 bits per heavy atom. The van der Waals surface area contributed by atoms with Crippen LogP contribution in [0.3, 0.4) is 0 Å². The molecule has 2 aliphatic rings. The van der Waals surface area contributed by atoms with E-state index in [4.69, 9.17) is 4.74 Å². The molecule has 28 heavy (non-hydrogen) atoms. The number of anilines is 2. The molecule has 7 nitrogen and oxygen atoms in total. The van der Waals surface area contributed by atoms with Crippen LogP contribution in [0.4, 0.5) is 11.5 Å². The molecular weight excluding hydrogens is 356 g/mol. The Labute approximate surface area is 164 Å². The van der Waals surface area contributed by atoms with Crippen LogP contribution in [0.2, 0.25) is 0 Å². The zero-order chi connectivity index (χ0) is 19.7. The van der Waals surface area contributed by atoms with Crippen molar-refractivity contribution < 1.29 is 14.3 Å². The summed E-state index contributed by atoms with van der Waals surface area (Å²) < 4.78 is 7.53. The lowest BCUT2D eigenvalue weighted by Gasteiger charge is -2.20. The van der Waals surface area contributed by atoms with E-state index in [2.05, 4.69) is 17.3 Å². The summed E-state index contributed by atoms with van der Waals surface area (Å²) in [5.74, 6) is 1.39. The lowest BCUT2D eigenvalue weighted by atomic mass is 10.1. The SMILES string of the molecule is CCOc1ccccc1N1CC(C(=O)Nc2ccnn2C(C)C2CC2)CC1=O. The van der Waals surface area contributed by atoms with Crippen LogP contribution >= 0.6 is 0 Å². The second kappa shape index (κ2) is 7.66. The molecule has 4 rings (SSSR count). The van der Waals surface area contributed by atoms with E-state index in [0.29, 0.717) is 30.6 Å². The van der Waals surface area contributed by atoms with Crippen molar-refractivity contribution >= 4 is 23.3 Å². The maximum Gasteiger partial charge on any atom is 0.230 e. The average Bonchev–Trinajstić information content (AvgIpc) is 3.32. The Morgan fingerprint density at radius 1 is 1.32 bits per heavy atom. The number of rotatable bonds is 7. The van der Waals surface area contributed by atoms with Crippen LogP contribution in [0.5, 0.6) is 5.75 Å². The molecule has 2 heterocycles. The Hall–Kier alpha value is -2.83. The van der Waals surface area contributed by atoms with Crippen molar-refractivity contribution in [3.05, 3.63) is 36.5 Å². The van der Waals surface area contributed by atoms with Gasteiger partial charge in [0.25, 0.3) is 0 Å². The molecule has 0 bridgehead atoms. The number of para-hydroxylation sites is 2. The number of carbonyl (C=O) groups is 2. The second-order valence-electron chi connectivity index (χ2n) is 7.53. The molecule has 2 atom stereocenters. The first kappa shape index (κ1) is 18.5. The summed E-state index contributed by atoms with van der Waals surface area (Å²) in [7, 11) is 0. The molecule has 2 amide bonds. The van der Waals surface area contributed by atoms with Crippen molar-refractivity contribution in [2.45, 2.75) is 39.2 Å². The summed E-state index contributed by atoms with van der Waals surface area (Å²) in [6, 6.07) is 9.53. The largest absolute Gasteiger partial charge is 0.492 e. The summed E-state index contributed by atoms with van der Waals surface area (Å²) in [5.41, 5.74) is 0.719. The van der Waals surface area contributed by atoms with Crippen LogP contribution in [0.1, 0.15) is 39.2 Å². The first-order valence-corrected chi connectivity index (χ1v) is 9.95. The van der Waals surface area contributed by atoms with E-state index in [-0.39, 0.29) is 24.3 Å². The standard InChI is InChI=1S/C21H26N4O3/c1-3-28-18-7-5-4-6-17(18)24-13-16(12-20(24)26)21(27)23-19-10-11-22-25(19)14(2)15-8-9-15/h4-7,10-11,14-16H,3,8-9,12-13H2,1-2H3,(H,23,27). The normalized spacial score (nSPS) is 20.3. The van der Waals surface area contributed by atoms with Gasteiger partial charge in [0.1, 0.15) is 11.6 Å². The van der Waals surface area contributed by atoms with E-state index in [1.54, 1.807) is 11.1 Å². The number of amides is 2. The van der Waals surface area contributed by atoms with E-state index in [0.717, 1.165) is 5.69 Å². The monoisotopic (exact) mass is 382 g/mol. The predicted octanol–water partition coefficient (Wildman–Crippen LogP) is 3.24. The third-order valence-electron chi connectivity index (χ3n) is 5.56. The van der Waals surface area contributed by atoms with Crippen molar-refractivity contribution in [3.8, 4) is 5.75 Å². The van der Waals surface area contributed by atoms with Crippen LogP contribution in [0, 0.1) is 11.8 Å². The predicted molar refractivity (Wildman–Crippen MR) is 106 cm³/mol. The highest BCUT2D eigenvalue weighted by atomic mass is 16.5. The number of benzene rings is 1. The fourth-order valence-corrected chi connectivity index (χ4v) is 3.82. The van der Waals surface area contributed by atoms with Crippen molar-refractivity contribution in [2.75, 3.05) is 23.4 Å². The number of carbonyl (C=O) groups excluding carboxylic acids is 2. The maximum atomic E-state index is 12.8. The zero-order valence-corrected chi connectivity index (χ0v) is 16.3. The zero-order valence-electron chi connectivity index (χ0n) is 16.3. The maximum absolute atomic E-state index is 12.8. The summed E-state index contributed by atoms with van der Waals surface area (Å²) in [6.45, 7) is 4.91. The van der Waals surface area contributed by atoms with E-state index >= 15 is 0 Å². The molecule has 2 aromatic rings. The Balaban J connectivity index is 1.46. The quantitative estimate of drug-likeness (QED) is 0.798. The van der Waals surface area contributed by atoms with Gasteiger partial charge in [0.05, 0.1) is 30.5 Å². The van der Waals surface area contributed by atoms with Crippen LogP contribution in [-0.4, -0.2) is 34.7 Å². The van der Waals surface area contributed by atoms with Crippen LogP contribution in [0.25, 0.3) is 0 Å². The third-order valence-corrected chi connectivity index (χ3v) is 5.56. The van der Waals surface area contributed by atoms with Crippen molar-refractivity contribution in [2.24, 2.45) is 11.8 Å². The van der Waals surface area contributed by atoms with Gasteiger partial charge in [-0.1, -0.05) is 12.1 Å². The summed E-state index contributed by atoms with van der Waals surface area (Å²) in [5, 5.41) is 7.35. The third kappa shape index (κ3) is 3.61. The van der Waals surface area contributed by atoms with E-state index < -0.39 is 5.92 Å². The number of aromatic nitrogens is 2. The summed E-state index contributed by atoms with van der Waals surface area (Å²) in [6.07, 6.45) is 4.32. The van der Waals surface area contributed by atoms with Gasteiger partial charge in [-0.05, 0) is 44.7 Å². The van der Waals surface area contributed by atoms with Gasteiger partial charge in [0, 0.05) is 19.0 Å². The summed E-state index contributed by atoms with van der Waals surface area (Å²) in [4.78, 5) is 27.1. The molecule has 1 aromatic heterocycles. The Kier molecular flexibility index (Phi) is 5.07. The molecule has 7 heteroatoms. The van der Waals surface area contributed by atoms with E-state index in [1.807, 2.05) is 41.9 Å². The second-order valence-corrected chi connectivity index (χ2v) is 7.53. The molecule has 1 N–H and O–H groups in total. The number of nitrogens with one attached hydrogen (secondary N) is 1. The fraction of sp³-hybridized carbons (Fsp3) is 0.476. The van der Waals surface area contributed by atoms with Crippen LogP contribution in [-0.2, 0) is 9.59 Å². The first-order valence-electron chi connectivity index (χ1n) is 9.95. The lowest BCUT2D eigenvalue weighted by Crippen LogP contribution is -2.29. The molecule has 1 aliphatic carbocycles. The molecule has 1 aromatic carbocycles. The fourth-order valence-electron chi connectivity index (χ4n) is 3.82. The molecule has 1 saturated heterocycles. The average molecular weight is 382 g/mol. The minimum Gasteiger partial charge on any atom is -0.492 e. The van der Waals surface area contributed by atoms with Crippen LogP contribution in [0.15, 0.2) is 36.5 Å². The molecule has 1 saturated carbocycles. The first-order chi connectivity index (χ1) is 13.6. The van der Waals surface area contributed by atoms with Gasteiger partial charge in [-0.3, -0.25) is 9.59 Å². The van der Waals surface area contributed by atoms with Crippen molar-refractivity contribution in [1.82, 2.24) is 9.78 Å². The highest BCUT2D eigenvalue weighted by Crippen LogP contribution is 2.40. The highest BCUT2D eigenvalue weighted by Gasteiger charge is 2.37. The highest BCUT2D eigenvalue weighted by molar-refractivity contribution is 6.04. The molecule has 2 fully saturated rings. The van der Waals surface area contributed by atoms with E-state index in [9.17, 15) is 9.59 Å². The topological polar surface area (TPSA) is 76.5 Å². The lowest BCUT2D eigenvalue weighted by molar-refractivity contribution is -0.122. The number of hydrogen-bond acceptors (Lipinski definition) is 4. The molecule has 2 unspecified atom stereocenters. The molecular formula is C21H26N4O3. The minimum absolute atomic E-state index is 0.0628. The van der Waals surface area contributed by atoms with Gasteiger partial charge >= 0.3 is 0 Å². The Morgan fingerprint density at radius 3 is 2.86 bits per heavy atom. The van der Waals surface area contributed by atoms with Gasteiger partial charge in [-0.15, -0.1) is 0 Å². The molecule has 148 valence electrons. The van der Waals surface area contributed by atoms with Gasteiger partial charge in [-0.2, -0.15) is 5.10 Å². The van der Waals surface area contributed by atoms with Crippen molar-refractivity contribution in [1.29, 1.82) is 0 Å². The van der Waals surface area contributed by atoms with E-state index in [1.165, 1.54) is 12.8 Å². The molecule has 0 radical (unpaired) electrons. The van der Waals surface area contributed by atoms with Gasteiger partial charge in [0.2, 0.25) is 11.8 Å². The Bertz CT molecular complexity index is 874. The van der Waals surface area contributed by atoms with Gasteiger partial charge < -0.3 is 15.0 Å². The number of hydrogen-bond donors (Lipinski definition) is 1.